The average Bonchev–Trinajstić information content (AvgIpc) is 3.47. The molecule has 0 aliphatic carbocycles. The highest BCUT2D eigenvalue weighted by atomic mass is 16.8. The molecule has 0 spiro atoms. The lowest BCUT2D eigenvalue weighted by molar-refractivity contribution is -0.330. The fourth-order valence-corrected chi connectivity index (χ4v) is 5.36. The zero-order valence-corrected chi connectivity index (χ0v) is 23.5. The third-order valence-corrected chi connectivity index (χ3v) is 8.14. The van der Waals surface area contributed by atoms with Gasteiger partial charge in [-0.15, -0.1) is 0 Å². The van der Waals surface area contributed by atoms with Gasteiger partial charge in [-0.25, -0.2) is 0 Å². The molecule has 0 unspecified atom stereocenters. The van der Waals surface area contributed by atoms with Gasteiger partial charge in [0.15, 0.2) is 25.2 Å². The molecule has 4 aliphatic heterocycles. The molecular weight excluding hydrogens is 624 g/mol. The first kappa shape index (κ1) is 37.0. The highest BCUT2D eigenvalue weighted by Gasteiger charge is 2.53. The zero-order valence-electron chi connectivity index (χ0n) is 23.5. The van der Waals surface area contributed by atoms with E-state index < -0.39 is 149 Å². The van der Waals surface area contributed by atoms with Gasteiger partial charge >= 0.3 is 0 Å². The smallest absolute Gasteiger partial charge is 0.187 e. The van der Waals surface area contributed by atoms with Crippen molar-refractivity contribution in [1.82, 2.24) is 0 Å². The van der Waals surface area contributed by atoms with E-state index in [1.807, 2.05) is 0 Å². The van der Waals surface area contributed by atoms with Crippen molar-refractivity contribution in [3.8, 4) is 0 Å². The van der Waals surface area contributed by atoms with E-state index in [0.717, 1.165) is 0 Å². The van der Waals surface area contributed by atoms with Crippen LogP contribution in [0.25, 0.3) is 0 Å². The summed E-state index contributed by atoms with van der Waals surface area (Å²) in [6, 6.07) is 0. The van der Waals surface area contributed by atoms with Gasteiger partial charge in [-0.05, 0) is 0 Å². The quantitative estimate of drug-likeness (QED) is 0.0919. The Morgan fingerprint density at radius 2 is 0.933 bits per heavy atom. The van der Waals surface area contributed by atoms with E-state index in [4.69, 9.17) is 38.3 Å². The summed E-state index contributed by atoms with van der Waals surface area (Å²) in [6.45, 7) is -2.95. The minimum Gasteiger partial charge on any atom is -0.394 e. The molecule has 0 radical (unpaired) electrons. The predicted molar refractivity (Wildman–Crippen MR) is 134 cm³/mol. The molecule has 20 atom stereocenters. The van der Waals surface area contributed by atoms with Gasteiger partial charge in [0.05, 0.1) is 26.4 Å². The van der Waals surface area contributed by atoms with Crippen molar-refractivity contribution in [2.24, 2.45) is 0 Å². The second kappa shape index (κ2) is 15.6. The van der Waals surface area contributed by atoms with Crippen LogP contribution in [0.4, 0.5) is 0 Å². The monoisotopic (exact) mass is 666 g/mol. The molecule has 4 heterocycles. The highest BCUT2D eigenvalue weighted by molar-refractivity contribution is 4.96. The number of ether oxygens (including phenoxy) is 7. The van der Waals surface area contributed by atoms with E-state index in [2.05, 4.69) is 0 Å². The van der Waals surface area contributed by atoms with E-state index in [1.54, 1.807) is 0 Å². The SMILES string of the molecule is OC[C@@H](O)[C@@H]1O[C@@H](O[C@H](CO)[C@@H]2O[C@@H](OC[C@H]3O[C@H](OC[C@H]4O[C@H](O)[C@@H](O)[C@@H](O)[C@@H]4O)[C@@H](O)[C@@H](O)[C@@H]3O)[C@H](O)[C@H]2O)[C@H](O)[C@H]1O. The van der Waals surface area contributed by atoms with Crippen LogP contribution in [0.3, 0.4) is 0 Å². The molecule has 14 N–H and O–H groups in total. The number of aliphatic hydroxyl groups is 14. The maximum atomic E-state index is 10.5. The van der Waals surface area contributed by atoms with Crippen LogP contribution in [-0.2, 0) is 33.2 Å². The summed E-state index contributed by atoms with van der Waals surface area (Å²) in [7, 11) is 0. The van der Waals surface area contributed by atoms with Gasteiger partial charge in [-0.2, -0.15) is 0 Å². The molecule has 0 saturated carbocycles. The van der Waals surface area contributed by atoms with Crippen LogP contribution in [0, 0.1) is 0 Å². The maximum absolute atomic E-state index is 10.5. The third-order valence-electron chi connectivity index (χ3n) is 8.14. The molecule has 0 amide bonds. The lowest BCUT2D eigenvalue weighted by atomic mass is 9.98. The summed E-state index contributed by atoms with van der Waals surface area (Å²) < 4.78 is 37.4. The van der Waals surface area contributed by atoms with Gasteiger partial charge in [0.25, 0.3) is 0 Å². The number of hydrogen-bond donors (Lipinski definition) is 14. The molecule has 4 fully saturated rings. The van der Waals surface area contributed by atoms with Gasteiger partial charge < -0.3 is 105 Å². The Morgan fingerprint density at radius 1 is 0.467 bits per heavy atom. The Hall–Kier alpha value is -0.840. The number of hydrogen-bond acceptors (Lipinski definition) is 21. The average molecular weight is 667 g/mol. The molecule has 0 aromatic carbocycles. The lowest BCUT2D eigenvalue weighted by Crippen LogP contribution is -2.61. The number of rotatable bonds is 12. The lowest BCUT2D eigenvalue weighted by Gasteiger charge is -2.42. The molecule has 4 saturated heterocycles. The van der Waals surface area contributed by atoms with Crippen molar-refractivity contribution >= 4 is 0 Å². The molecule has 21 nitrogen and oxygen atoms in total. The third kappa shape index (κ3) is 7.75. The van der Waals surface area contributed by atoms with Crippen LogP contribution >= 0.6 is 0 Å². The minimum atomic E-state index is -1.87. The van der Waals surface area contributed by atoms with Gasteiger partial charge in [0, 0.05) is 0 Å². The molecule has 4 rings (SSSR count). The molecule has 0 bridgehead atoms. The van der Waals surface area contributed by atoms with Crippen molar-refractivity contribution in [2.45, 2.75) is 123 Å². The Morgan fingerprint density at radius 3 is 1.51 bits per heavy atom. The molecule has 264 valence electrons. The molecule has 0 aromatic heterocycles. The van der Waals surface area contributed by atoms with E-state index >= 15 is 0 Å². The normalized spacial score (nSPS) is 50.5. The Balaban J connectivity index is 1.32. The minimum absolute atomic E-state index is 0.628. The second-order valence-corrected chi connectivity index (χ2v) is 11.2. The predicted octanol–water partition coefficient (Wildman–Crippen LogP) is -9.75. The van der Waals surface area contributed by atoms with Crippen molar-refractivity contribution in [3.63, 3.8) is 0 Å². The zero-order chi connectivity index (χ0) is 33.3. The summed E-state index contributed by atoms with van der Waals surface area (Å²) in [5, 5.41) is 140. The fraction of sp³-hybridized carbons (Fsp3) is 1.00. The molecular formula is C24H42O21. The molecule has 0 aromatic rings. The van der Waals surface area contributed by atoms with Gasteiger partial charge in [-0.1, -0.05) is 0 Å². The summed E-state index contributed by atoms with van der Waals surface area (Å²) in [6.07, 6.45) is -33.5. The molecule has 4 aliphatic rings. The summed E-state index contributed by atoms with van der Waals surface area (Å²) in [5.74, 6) is 0. The van der Waals surface area contributed by atoms with Crippen LogP contribution in [0.15, 0.2) is 0 Å². The molecule has 21 heteroatoms. The fourth-order valence-electron chi connectivity index (χ4n) is 5.36. The van der Waals surface area contributed by atoms with Gasteiger partial charge in [0.2, 0.25) is 0 Å². The Labute approximate surface area is 254 Å². The van der Waals surface area contributed by atoms with Crippen LogP contribution in [0.1, 0.15) is 0 Å². The van der Waals surface area contributed by atoms with Crippen LogP contribution in [-0.4, -0.2) is 221 Å². The van der Waals surface area contributed by atoms with Crippen LogP contribution in [0.2, 0.25) is 0 Å². The van der Waals surface area contributed by atoms with Gasteiger partial charge in [-0.3, -0.25) is 0 Å². The first-order valence-electron chi connectivity index (χ1n) is 14.1. The van der Waals surface area contributed by atoms with Crippen molar-refractivity contribution in [2.75, 3.05) is 26.4 Å². The van der Waals surface area contributed by atoms with E-state index in [0.29, 0.717) is 0 Å². The Bertz CT molecular complexity index is 918. The first-order valence-corrected chi connectivity index (χ1v) is 14.1. The van der Waals surface area contributed by atoms with E-state index in [1.165, 1.54) is 0 Å². The Kier molecular flexibility index (Phi) is 12.8. The maximum Gasteiger partial charge on any atom is 0.187 e. The summed E-state index contributed by atoms with van der Waals surface area (Å²) >= 11 is 0. The summed E-state index contributed by atoms with van der Waals surface area (Å²) in [5.41, 5.74) is 0. The largest absolute Gasteiger partial charge is 0.394 e. The highest BCUT2D eigenvalue weighted by Crippen LogP contribution is 2.32. The first-order chi connectivity index (χ1) is 21.2. The van der Waals surface area contributed by atoms with Crippen LogP contribution < -0.4 is 0 Å². The number of aliphatic hydroxyl groups excluding tert-OH is 14. The van der Waals surface area contributed by atoms with Crippen molar-refractivity contribution < 1.29 is 105 Å². The van der Waals surface area contributed by atoms with Gasteiger partial charge in [0.1, 0.15) is 97.7 Å². The second-order valence-electron chi connectivity index (χ2n) is 11.2. The van der Waals surface area contributed by atoms with Crippen molar-refractivity contribution in [1.29, 1.82) is 0 Å². The topological polar surface area (TPSA) is 348 Å². The van der Waals surface area contributed by atoms with Crippen LogP contribution in [0.5, 0.6) is 0 Å². The van der Waals surface area contributed by atoms with Crippen molar-refractivity contribution in [3.05, 3.63) is 0 Å². The standard InChI is InChI=1S/C24H42O21/c25-1-5(27)19-13(32)18(37)24(44-19)42-6(2-26)20-14(33)17(36)23(45-20)40-4-8-10(29)12(31)16(35)22(43-8)39-3-7-9(28)11(30)15(34)21(38)41-7/h5-38H,1-4H2/t5-,6-,7-,8-,9-,10-,11+,12+,13-,14-,15+,16+,17-,18-,19+,20+,21+,22+,23-,24-/m1/s1. The van der Waals surface area contributed by atoms with E-state index in [9.17, 15) is 66.4 Å². The van der Waals surface area contributed by atoms with E-state index in [-0.39, 0.29) is 0 Å². The summed E-state index contributed by atoms with van der Waals surface area (Å²) in [4.78, 5) is 0. The molecule has 45 heavy (non-hydrogen) atoms.